The van der Waals surface area contributed by atoms with Gasteiger partial charge in [-0.05, 0) is 81.7 Å². The van der Waals surface area contributed by atoms with Gasteiger partial charge in [0.1, 0.15) is 47.8 Å². The van der Waals surface area contributed by atoms with Crippen molar-refractivity contribution in [2.75, 3.05) is 28.2 Å². The molecule has 9 rings (SSSR count). The molecule has 8 N–H and O–H groups in total. The largest absolute Gasteiger partial charge is 0.507 e. The van der Waals surface area contributed by atoms with Gasteiger partial charge in [0.2, 0.25) is 5.78 Å². The summed E-state index contributed by atoms with van der Waals surface area (Å²) in [5.74, 6) is -3.70. The molecular formula is C54H78N2O20. The van der Waals surface area contributed by atoms with Gasteiger partial charge in [-0.1, -0.05) is 19.1 Å². The van der Waals surface area contributed by atoms with Crippen molar-refractivity contribution in [3.05, 3.63) is 51.6 Å². The Morgan fingerprint density at radius 2 is 1.07 bits per heavy atom. The Balaban J connectivity index is 0.997. The van der Waals surface area contributed by atoms with Gasteiger partial charge in [-0.2, -0.15) is 0 Å². The number of carbonyl (C=O) groups excluding carboxylic acids is 2. The minimum Gasteiger partial charge on any atom is -0.507 e. The maximum Gasteiger partial charge on any atom is 0.202 e. The summed E-state index contributed by atoms with van der Waals surface area (Å²) < 4.78 is 63.9. The van der Waals surface area contributed by atoms with Crippen molar-refractivity contribution in [2.24, 2.45) is 0 Å². The highest BCUT2D eigenvalue weighted by Crippen LogP contribution is 2.58. The summed E-state index contributed by atoms with van der Waals surface area (Å²) in [7, 11) is 7.42. The van der Waals surface area contributed by atoms with Crippen LogP contribution in [-0.4, -0.2) is 213 Å². The zero-order chi connectivity index (χ0) is 55.0. The molecule has 5 saturated heterocycles. The molecule has 2 aliphatic carbocycles. The first-order valence-corrected chi connectivity index (χ1v) is 26.8. The van der Waals surface area contributed by atoms with Gasteiger partial charge in [-0.3, -0.25) is 9.59 Å². The van der Waals surface area contributed by atoms with Crippen LogP contribution in [0.25, 0.3) is 0 Å². The van der Waals surface area contributed by atoms with E-state index in [0.717, 1.165) is 0 Å². The lowest BCUT2D eigenvalue weighted by Gasteiger charge is -2.50. The number of carbonyl (C=O) groups is 2. The van der Waals surface area contributed by atoms with Crippen LogP contribution in [0, 0.1) is 0 Å². The van der Waals surface area contributed by atoms with Crippen LogP contribution in [-0.2, 0) is 47.4 Å². The molecule has 22 nitrogen and oxygen atoms in total. The fraction of sp³-hybridized carbons (Fsp3) is 0.741. The number of nitrogens with zero attached hydrogens (tertiary/aromatic N) is 2. The van der Waals surface area contributed by atoms with E-state index in [4.69, 9.17) is 47.4 Å². The molecule has 0 unspecified atom stereocenters. The van der Waals surface area contributed by atoms with Gasteiger partial charge in [0.25, 0.3) is 0 Å². The first-order chi connectivity index (χ1) is 35.9. The molecule has 76 heavy (non-hydrogen) atoms. The molecule has 2 aromatic carbocycles. The van der Waals surface area contributed by atoms with Crippen molar-refractivity contribution < 1.29 is 97.8 Å². The van der Waals surface area contributed by atoms with Crippen LogP contribution in [0.15, 0.2) is 18.2 Å². The summed E-state index contributed by atoms with van der Waals surface area (Å²) >= 11 is 0. The second-order valence-corrected chi connectivity index (χ2v) is 22.4. The number of likely N-dealkylation sites (N-methyl/N-ethyl adjacent to an activating group) is 2. The predicted octanol–water partition coefficient (Wildman–Crippen LogP) is 2.76. The molecule has 7 aliphatic rings. The molecule has 0 bridgehead atoms. The van der Waals surface area contributed by atoms with Gasteiger partial charge in [0, 0.05) is 67.3 Å². The molecular weight excluding hydrogens is 997 g/mol. The van der Waals surface area contributed by atoms with Gasteiger partial charge in [0.15, 0.2) is 37.2 Å². The number of fused-ring (bicyclic) bond motifs is 3. The third-order valence-electron chi connectivity index (χ3n) is 16.8. The monoisotopic (exact) mass is 1070 g/mol. The van der Waals surface area contributed by atoms with Crippen LogP contribution >= 0.6 is 0 Å². The van der Waals surface area contributed by atoms with E-state index >= 15 is 0 Å². The number of ketones is 2. The lowest BCUT2D eigenvalue weighted by atomic mass is 9.70. The third kappa shape index (κ3) is 10.8. The van der Waals surface area contributed by atoms with Crippen LogP contribution in [0.5, 0.6) is 17.2 Å². The maximum absolute atomic E-state index is 14.4. The second kappa shape index (κ2) is 22.6. The number of benzene rings is 2. The Labute approximate surface area is 442 Å². The molecule has 424 valence electrons. The number of ether oxygens (including phenoxy) is 10. The summed E-state index contributed by atoms with van der Waals surface area (Å²) in [5.41, 5.74) is -3.85. The number of hydrogen-bond acceptors (Lipinski definition) is 22. The Bertz CT molecular complexity index is 2400. The SMILES string of the molecule is CC[C@@]1(O)C[C@H](O[C@H]2C[C@H](N(C)C)[C@H](O[C@H]3C[C@H](O)[C@H](O[C@H]4CC[C@@H](O)[C@H](C)O4)[C@H](C)O3)[C@H](C)O2)c2c(O)c3c(c(O)c2[C@H]1O[C@H]1C[C@H](N(C)C)[C@H](O[C@H]2C[C@H](O)[C@H](O)[C@H](C)O2)[C@H](C)O1)C(=O)c1cccc(O)c1C3=O. The van der Waals surface area contributed by atoms with E-state index in [1.807, 2.05) is 38.0 Å². The van der Waals surface area contributed by atoms with Crippen molar-refractivity contribution in [1.82, 2.24) is 9.80 Å². The van der Waals surface area contributed by atoms with Crippen molar-refractivity contribution in [2.45, 2.75) is 227 Å². The smallest absolute Gasteiger partial charge is 0.202 e. The van der Waals surface area contributed by atoms with Crippen molar-refractivity contribution in [1.29, 1.82) is 0 Å². The fourth-order valence-electron chi connectivity index (χ4n) is 12.4. The minimum absolute atomic E-state index is 0.0000129. The molecule has 5 heterocycles. The van der Waals surface area contributed by atoms with Crippen LogP contribution in [0.4, 0.5) is 0 Å². The molecule has 22 heteroatoms. The molecule has 2 aromatic rings. The maximum atomic E-state index is 14.4. The van der Waals surface area contributed by atoms with Gasteiger partial charge >= 0.3 is 0 Å². The molecule has 0 amide bonds. The zero-order valence-electron chi connectivity index (χ0n) is 44.9. The first kappa shape index (κ1) is 57.2. The lowest BCUT2D eigenvalue weighted by molar-refractivity contribution is -0.330. The van der Waals surface area contributed by atoms with Crippen LogP contribution in [0.3, 0.4) is 0 Å². The highest BCUT2D eigenvalue weighted by atomic mass is 16.7. The first-order valence-electron chi connectivity index (χ1n) is 26.8. The number of phenolic OH excluding ortho intramolecular Hbond substituents is 3. The minimum atomic E-state index is -1.89. The standard InChI is InChI=1S/C54H78N2O20/c1-11-54(66)21-34(72-36-17-28(55(7)8)50(24(4)69-36)75-39-20-33(60)52(26(6)71-39)73-35-16-15-30(57)22(2)67-35)41-44(49(65)42-43(48(41)64)47(63)40-27(46(42)62)13-12-14-31(40)58)53(54)76-37-18-29(56(9)10)51(25(5)70-37)74-38-19-32(59)45(61)23(3)68-38/h12-14,22-26,28-30,32-39,45,50-53,57-61,64-66H,11,15-21H2,1-10H3/t22-,23-,24-,25-,26-,28-,29-,30+,32-,33-,34-,35-,36-,37-,38-,39-,45+,50+,51+,52+,53+,54+/m0/s1. The van der Waals surface area contributed by atoms with Crippen LogP contribution < -0.4 is 0 Å². The number of hydrogen-bond donors (Lipinski definition) is 8. The summed E-state index contributed by atoms with van der Waals surface area (Å²) in [5, 5.41) is 91.3. The predicted molar refractivity (Wildman–Crippen MR) is 265 cm³/mol. The van der Waals surface area contributed by atoms with Crippen LogP contribution in [0.2, 0.25) is 0 Å². The van der Waals surface area contributed by atoms with E-state index < -0.39 is 175 Å². The average Bonchev–Trinajstić information content (AvgIpc) is 3.35. The molecule has 0 spiro atoms. The Hall–Kier alpha value is -3.50. The Morgan fingerprint density at radius 3 is 1.62 bits per heavy atom. The van der Waals surface area contributed by atoms with E-state index in [-0.39, 0.29) is 60.8 Å². The number of aliphatic hydroxyl groups excluding tert-OH is 4. The normalized spacial score (nSPS) is 41.9. The summed E-state index contributed by atoms with van der Waals surface area (Å²) in [6.07, 6.45) is -14.9. The van der Waals surface area contributed by atoms with Gasteiger partial charge in [0.05, 0.1) is 77.2 Å². The number of aliphatic hydroxyl groups is 5. The Kier molecular flexibility index (Phi) is 17.0. The van der Waals surface area contributed by atoms with Gasteiger partial charge in [-0.25, -0.2) is 0 Å². The molecule has 0 aromatic heterocycles. The topological polar surface area (TPSA) is 295 Å². The summed E-state index contributed by atoms with van der Waals surface area (Å²) in [6.45, 7) is 10.5. The quantitative estimate of drug-likeness (QED) is 0.114. The van der Waals surface area contributed by atoms with E-state index in [1.54, 1.807) is 41.5 Å². The van der Waals surface area contributed by atoms with E-state index in [2.05, 4.69) is 0 Å². The summed E-state index contributed by atoms with van der Waals surface area (Å²) in [4.78, 5) is 32.7. The average molecular weight is 1080 g/mol. The van der Waals surface area contributed by atoms with E-state index in [9.17, 15) is 50.4 Å². The van der Waals surface area contributed by atoms with Gasteiger partial charge in [-0.15, -0.1) is 0 Å². The van der Waals surface area contributed by atoms with E-state index in [0.29, 0.717) is 12.8 Å². The van der Waals surface area contributed by atoms with Crippen molar-refractivity contribution >= 4 is 11.6 Å². The lowest BCUT2D eigenvalue weighted by Crippen LogP contribution is -2.58. The second-order valence-electron chi connectivity index (χ2n) is 22.4. The molecule has 5 aliphatic heterocycles. The highest BCUT2D eigenvalue weighted by molar-refractivity contribution is 6.31. The summed E-state index contributed by atoms with van der Waals surface area (Å²) in [6, 6.07) is 3.16. The molecule has 22 atom stereocenters. The van der Waals surface area contributed by atoms with Crippen molar-refractivity contribution in [3.8, 4) is 17.2 Å². The molecule has 0 radical (unpaired) electrons. The zero-order valence-corrected chi connectivity index (χ0v) is 44.9. The number of aromatic hydroxyl groups is 3. The van der Waals surface area contributed by atoms with Crippen molar-refractivity contribution in [3.63, 3.8) is 0 Å². The fourth-order valence-corrected chi connectivity index (χ4v) is 12.4. The van der Waals surface area contributed by atoms with E-state index in [1.165, 1.54) is 18.2 Å². The molecule has 5 fully saturated rings. The Morgan fingerprint density at radius 1 is 0.566 bits per heavy atom. The molecule has 0 saturated carbocycles. The van der Waals surface area contributed by atoms with Gasteiger partial charge < -0.3 is 98.0 Å². The number of rotatable bonds is 13. The highest BCUT2D eigenvalue weighted by Gasteiger charge is 2.55. The third-order valence-corrected chi connectivity index (χ3v) is 16.8. The van der Waals surface area contributed by atoms with Crippen LogP contribution in [0.1, 0.15) is 148 Å². The number of phenols is 3.